The second-order valence-electron chi connectivity index (χ2n) is 4.73. The van der Waals surface area contributed by atoms with E-state index in [9.17, 15) is 0 Å². The summed E-state index contributed by atoms with van der Waals surface area (Å²) in [4.78, 5) is 0. The Hall–Kier alpha value is 0.165. The van der Waals surface area contributed by atoms with Gasteiger partial charge in [0, 0.05) is 4.78 Å². The molecule has 0 amide bonds. The third-order valence-electron chi connectivity index (χ3n) is 3.08. The van der Waals surface area contributed by atoms with Gasteiger partial charge in [0.15, 0.2) is 0 Å². The van der Waals surface area contributed by atoms with Gasteiger partial charge in [-0.3, -0.25) is 0 Å². The smallest absolute Gasteiger partial charge is 0.399 e. The molecule has 0 aromatic carbocycles. The highest BCUT2D eigenvalue weighted by atomic mass is 79.9. The van der Waals surface area contributed by atoms with Gasteiger partial charge in [0.2, 0.25) is 0 Å². The van der Waals surface area contributed by atoms with Crippen molar-refractivity contribution in [3.63, 3.8) is 0 Å². The standard InChI is InChI=1S/C10H14BBrO2S/c1-9(2)10(3,4)14-11(13-9)7-5-6-8(12)15-7/h5-6H,1-4H3. The summed E-state index contributed by atoms with van der Waals surface area (Å²) in [5.74, 6) is 0. The highest BCUT2D eigenvalue weighted by molar-refractivity contribution is 9.11. The van der Waals surface area contributed by atoms with E-state index in [-0.39, 0.29) is 18.3 Å². The van der Waals surface area contributed by atoms with Crippen LogP contribution in [0.3, 0.4) is 0 Å². The molecule has 1 aromatic rings. The molecule has 0 bridgehead atoms. The van der Waals surface area contributed by atoms with Gasteiger partial charge in [-0.1, -0.05) is 6.07 Å². The zero-order chi connectivity index (χ0) is 11.3. The van der Waals surface area contributed by atoms with E-state index >= 15 is 0 Å². The number of rotatable bonds is 1. The molecule has 1 fully saturated rings. The Morgan fingerprint density at radius 1 is 1.13 bits per heavy atom. The molecule has 1 aliphatic heterocycles. The monoisotopic (exact) mass is 288 g/mol. The first-order valence-corrected chi connectivity index (χ1v) is 6.54. The molecule has 2 nitrogen and oxygen atoms in total. The minimum atomic E-state index is -0.256. The first kappa shape index (κ1) is 11.6. The summed E-state index contributed by atoms with van der Waals surface area (Å²) in [5, 5.41) is 0. The van der Waals surface area contributed by atoms with Crippen LogP contribution in [-0.4, -0.2) is 18.3 Å². The molecule has 0 N–H and O–H groups in total. The van der Waals surface area contributed by atoms with Crippen molar-refractivity contribution in [2.75, 3.05) is 0 Å². The molecule has 1 aromatic heterocycles. The van der Waals surface area contributed by atoms with Crippen LogP contribution in [0.5, 0.6) is 0 Å². The summed E-state index contributed by atoms with van der Waals surface area (Å²) in [6.45, 7) is 8.26. The van der Waals surface area contributed by atoms with Crippen LogP contribution >= 0.6 is 27.3 Å². The topological polar surface area (TPSA) is 18.5 Å². The first-order valence-electron chi connectivity index (χ1n) is 4.93. The van der Waals surface area contributed by atoms with Crippen molar-refractivity contribution >= 4 is 39.2 Å². The fourth-order valence-electron chi connectivity index (χ4n) is 1.41. The Morgan fingerprint density at radius 3 is 2.07 bits per heavy atom. The molecule has 1 aliphatic rings. The van der Waals surface area contributed by atoms with E-state index in [1.807, 2.05) is 12.1 Å². The summed E-state index contributed by atoms with van der Waals surface area (Å²) < 4.78 is 14.1. The zero-order valence-corrected chi connectivity index (χ0v) is 11.7. The quantitative estimate of drug-likeness (QED) is 0.740. The lowest BCUT2D eigenvalue weighted by Gasteiger charge is -2.32. The first-order chi connectivity index (χ1) is 6.82. The van der Waals surface area contributed by atoms with E-state index in [1.54, 1.807) is 11.3 Å². The normalized spacial score (nSPS) is 23.4. The van der Waals surface area contributed by atoms with Crippen LogP contribution in [0.15, 0.2) is 15.9 Å². The Labute approximate surface area is 103 Å². The van der Waals surface area contributed by atoms with Crippen LogP contribution in [0.4, 0.5) is 0 Å². The van der Waals surface area contributed by atoms with Crippen molar-refractivity contribution in [1.82, 2.24) is 0 Å². The summed E-state index contributed by atoms with van der Waals surface area (Å²) in [7, 11) is -0.230. The molecule has 82 valence electrons. The molecule has 0 aliphatic carbocycles. The maximum absolute atomic E-state index is 5.93. The second-order valence-corrected chi connectivity index (χ2v) is 7.22. The zero-order valence-electron chi connectivity index (χ0n) is 9.33. The van der Waals surface area contributed by atoms with Crippen molar-refractivity contribution in [2.24, 2.45) is 0 Å². The Morgan fingerprint density at radius 2 is 1.67 bits per heavy atom. The predicted molar refractivity (Wildman–Crippen MR) is 67.7 cm³/mol. The molecule has 0 radical (unpaired) electrons. The minimum absolute atomic E-state index is 0.230. The lowest BCUT2D eigenvalue weighted by Crippen LogP contribution is -2.41. The maximum Gasteiger partial charge on any atom is 0.505 e. The van der Waals surface area contributed by atoms with Crippen LogP contribution in [0.25, 0.3) is 0 Å². The van der Waals surface area contributed by atoms with E-state index in [1.165, 1.54) is 0 Å². The van der Waals surface area contributed by atoms with Gasteiger partial charge >= 0.3 is 7.12 Å². The summed E-state index contributed by atoms with van der Waals surface area (Å²) in [6.07, 6.45) is 0. The van der Waals surface area contributed by atoms with Crippen LogP contribution in [0.1, 0.15) is 27.7 Å². The Kier molecular flexibility index (Phi) is 2.78. The van der Waals surface area contributed by atoms with Crippen molar-refractivity contribution in [3.8, 4) is 0 Å². The number of hydrogen-bond acceptors (Lipinski definition) is 3. The molecule has 0 spiro atoms. The fourth-order valence-corrected chi connectivity index (χ4v) is 2.80. The molecule has 1 saturated heterocycles. The van der Waals surface area contributed by atoms with E-state index in [0.717, 1.165) is 8.56 Å². The maximum atomic E-state index is 5.93. The molecule has 0 unspecified atom stereocenters. The minimum Gasteiger partial charge on any atom is -0.399 e. The van der Waals surface area contributed by atoms with E-state index < -0.39 is 0 Å². The third kappa shape index (κ3) is 2.03. The summed E-state index contributed by atoms with van der Waals surface area (Å²) in [6, 6.07) is 4.06. The highest BCUT2D eigenvalue weighted by Gasteiger charge is 2.52. The van der Waals surface area contributed by atoms with Crippen LogP contribution in [0.2, 0.25) is 0 Å². The molecule has 2 rings (SSSR count). The summed E-state index contributed by atoms with van der Waals surface area (Å²) in [5.41, 5.74) is -0.512. The second kappa shape index (κ2) is 3.59. The van der Waals surface area contributed by atoms with Gasteiger partial charge < -0.3 is 9.31 Å². The SMILES string of the molecule is CC1(C)OB(c2ccc(Br)s2)OC1(C)C. The van der Waals surface area contributed by atoms with Crippen LogP contribution in [-0.2, 0) is 9.31 Å². The third-order valence-corrected chi connectivity index (χ3v) is 4.72. The van der Waals surface area contributed by atoms with Gasteiger partial charge in [-0.2, -0.15) is 0 Å². The number of hydrogen-bond donors (Lipinski definition) is 0. The molecule has 15 heavy (non-hydrogen) atoms. The Bertz CT molecular complexity index is 359. The highest BCUT2D eigenvalue weighted by Crippen LogP contribution is 2.37. The Balaban J connectivity index is 2.23. The van der Waals surface area contributed by atoms with Crippen LogP contribution in [0, 0.1) is 0 Å². The molecular weight excluding hydrogens is 275 g/mol. The average Bonchev–Trinajstić information content (AvgIpc) is 2.56. The predicted octanol–water partition coefficient (Wildman–Crippen LogP) is 2.81. The van der Waals surface area contributed by atoms with E-state index in [2.05, 4.69) is 43.6 Å². The largest absolute Gasteiger partial charge is 0.505 e. The van der Waals surface area contributed by atoms with E-state index in [4.69, 9.17) is 9.31 Å². The average molecular weight is 289 g/mol. The van der Waals surface area contributed by atoms with Gasteiger partial charge in [0.1, 0.15) is 0 Å². The lowest BCUT2D eigenvalue weighted by molar-refractivity contribution is 0.00578. The van der Waals surface area contributed by atoms with Crippen molar-refractivity contribution in [2.45, 2.75) is 38.9 Å². The fraction of sp³-hybridized carbons (Fsp3) is 0.600. The number of halogens is 1. The summed E-state index contributed by atoms with van der Waals surface area (Å²) >= 11 is 5.10. The van der Waals surface area contributed by atoms with E-state index in [0.29, 0.717) is 0 Å². The van der Waals surface area contributed by atoms with Gasteiger partial charge in [-0.15, -0.1) is 11.3 Å². The molecule has 0 atom stereocenters. The van der Waals surface area contributed by atoms with Gasteiger partial charge in [-0.05, 0) is 49.7 Å². The molecule has 5 heteroatoms. The van der Waals surface area contributed by atoms with Crippen LogP contribution < -0.4 is 4.78 Å². The molecule has 2 heterocycles. The lowest BCUT2D eigenvalue weighted by atomic mass is 9.88. The van der Waals surface area contributed by atoms with Crippen molar-refractivity contribution in [3.05, 3.63) is 15.9 Å². The van der Waals surface area contributed by atoms with Crippen molar-refractivity contribution in [1.29, 1.82) is 0 Å². The molecular formula is C10H14BBrO2S. The van der Waals surface area contributed by atoms with Gasteiger partial charge in [0.25, 0.3) is 0 Å². The van der Waals surface area contributed by atoms with Crippen molar-refractivity contribution < 1.29 is 9.31 Å². The molecule has 0 saturated carbocycles. The number of thiophene rings is 1. The van der Waals surface area contributed by atoms with Gasteiger partial charge in [-0.25, -0.2) is 0 Å². The van der Waals surface area contributed by atoms with Gasteiger partial charge in [0.05, 0.1) is 15.0 Å².